The van der Waals surface area contributed by atoms with Gasteiger partial charge in [-0.15, -0.1) is 11.3 Å². The van der Waals surface area contributed by atoms with Gasteiger partial charge in [-0.2, -0.15) is 11.3 Å². The van der Waals surface area contributed by atoms with E-state index in [1.165, 1.54) is 29.5 Å². The number of nitrogens with one attached hydrogen (secondary N) is 2. The van der Waals surface area contributed by atoms with Crippen LogP contribution < -0.4 is 10.6 Å². The number of amides is 2. The third-order valence-corrected chi connectivity index (χ3v) is 5.81. The molecule has 0 saturated heterocycles. The predicted molar refractivity (Wildman–Crippen MR) is 119 cm³/mol. The summed E-state index contributed by atoms with van der Waals surface area (Å²) in [6, 6.07) is 14.3. The molecule has 0 spiro atoms. The highest BCUT2D eigenvalue weighted by Gasteiger charge is 2.15. The van der Waals surface area contributed by atoms with Gasteiger partial charge in [-0.3, -0.25) is 9.59 Å². The van der Waals surface area contributed by atoms with Crippen molar-refractivity contribution in [2.75, 3.05) is 10.6 Å². The van der Waals surface area contributed by atoms with Gasteiger partial charge in [-0.25, -0.2) is 9.37 Å². The molecule has 0 fully saturated rings. The van der Waals surface area contributed by atoms with E-state index in [9.17, 15) is 14.0 Å². The summed E-state index contributed by atoms with van der Waals surface area (Å²) in [5.41, 5.74) is 2.71. The highest BCUT2D eigenvalue weighted by molar-refractivity contribution is 7.14. The molecular weight excluding hydrogens is 421 g/mol. The fraction of sp³-hybridized carbons (Fsp3) is 0.0455. The van der Waals surface area contributed by atoms with Crippen molar-refractivity contribution in [3.8, 4) is 10.6 Å². The SMILES string of the molecule is O=C(Cc1csc(-c2ccsc2)n1)Nc1ccccc1C(=O)Nc1cccc(F)c1. The van der Waals surface area contributed by atoms with Gasteiger partial charge in [0.25, 0.3) is 5.91 Å². The monoisotopic (exact) mass is 437 g/mol. The first kappa shape index (κ1) is 19.9. The van der Waals surface area contributed by atoms with Gasteiger partial charge in [0, 0.05) is 22.0 Å². The Kier molecular flexibility index (Phi) is 5.97. The van der Waals surface area contributed by atoms with Crippen molar-refractivity contribution in [2.24, 2.45) is 0 Å². The first-order chi connectivity index (χ1) is 14.6. The maximum absolute atomic E-state index is 13.4. The van der Waals surface area contributed by atoms with Crippen molar-refractivity contribution in [3.63, 3.8) is 0 Å². The molecule has 0 bridgehead atoms. The number of aromatic nitrogens is 1. The van der Waals surface area contributed by atoms with Crippen LogP contribution in [0.1, 0.15) is 16.1 Å². The van der Waals surface area contributed by atoms with E-state index in [1.807, 2.05) is 22.2 Å². The van der Waals surface area contributed by atoms with Crippen LogP contribution in [-0.4, -0.2) is 16.8 Å². The lowest BCUT2D eigenvalue weighted by Gasteiger charge is -2.11. The minimum absolute atomic E-state index is 0.0977. The quantitative estimate of drug-likeness (QED) is 0.422. The Morgan fingerprint density at radius 3 is 2.67 bits per heavy atom. The summed E-state index contributed by atoms with van der Waals surface area (Å²) in [5.74, 6) is -1.16. The zero-order valence-electron chi connectivity index (χ0n) is 15.6. The smallest absolute Gasteiger partial charge is 0.257 e. The molecule has 30 heavy (non-hydrogen) atoms. The Bertz CT molecular complexity index is 1190. The Labute approximate surface area is 180 Å². The third-order valence-electron chi connectivity index (χ3n) is 4.19. The van der Waals surface area contributed by atoms with E-state index >= 15 is 0 Å². The number of hydrogen-bond acceptors (Lipinski definition) is 5. The van der Waals surface area contributed by atoms with E-state index in [1.54, 1.807) is 41.7 Å². The molecule has 0 aliphatic heterocycles. The van der Waals surface area contributed by atoms with Crippen molar-refractivity contribution in [1.82, 2.24) is 4.98 Å². The Morgan fingerprint density at radius 1 is 1.00 bits per heavy atom. The predicted octanol–water partition coefficient (Wildman–Crippen LogP) is 5.44. The molecule has 2 N–H and O–H groups in total. The van der Waals surface area contributed by atoms with E-state index < -0.39 is 11.7 Å². The number of carbonyl (C=O) groups is 2. The number of benzene rings is 2. The molecule has 4 rings (SSSR count). The number of nitrogens with zero attached hydrogens (tertiary/aromatic N) is 1. The van der Waals surface area contributed by atoms with Crippen LogP contribution in [0.15, 0.2) is 70.7 Å². The lowest BCUT2D eigenvalue weighted by atomic mass is 10.1. The molecule has 2 heterocycles. The summed E-state index contributed by atoms with van der Waals surface area (Å²) in [7, 11) is 0. The highest BCUT2D eigenvalue weighted by Crippen LogP contribution is 2.26. The van der Waals surface area contributed by atoms with Crippen LogP contribution in [0.5, 0.6) is 0 Å². The van der Waals surface area contributed by atoms with E-state index in [0.29, 0.717) is 17.1 Å². The number of halogens is 1. The molecule has 5 nitrogen and oxygen atoms in total. The average molecular weight is 438 g/mol. The zero-order chi connectivity index (χ0) is 20.9. The van der Waals surface area contributed by atoms with Gasteiger partial charge in [-0.05, 0) is 41.8 Å². The van der Waals surface area contributed by atoms with Crippen molar-refractivity contribution in [1.29, 1.82) is 0 Å². The number of thiophene rings is 1. The van der Waals surface area contributed by atoms with Crippen molar-refractivity contribution < 1.29 is 14.0 Å². The van der Waals surface area contributed by atoms with Gasteiger partial charge in [0.2, 0.25) is 5.91 Å². The van der Waals surface area contributed by atoms with Gasteiger partial charge in [0.15, 0.2) is 0 Å². The second kappa shape index (κ2) is 8.98. The summed E-state index contributed by atoms with van der Waals surface area (Å²) in [6.07, 6.45) is 0.0977. The van der Waals surface area contributed by atoms with Crippen LogP contribution in [0.2, 0.25) is 0 Å². The summed E-state index contributed by atoms with van der Waals surface area (Å²) >= 11 is 3.08. The number of thiazole rings is 1. The standard InChI is InChI=1S/C22H16FN3O2S2/c23-15-4-3-5-16(10-15)24-21(28)18-6-1-2-7-19(18)26-20(27)11-17-13-30-22(25-17)14-8-9-29-12-14/h1-10,12-13H,11H2,(H,24,28)(H,26,27). The lowest BCUT2D eigenvalue weighted by Crippen LogP contribution is -2.19. The van der Waals surface area contributed by atoms with Gasteiger partial charge >= 0.3 is 0 Å². The van der Waals surface area contributed by atoms with Crippen LogP contribution in [0.3, 0.4) is 0 Å². The van der Waals surface area contributed by atoms with Gasteiger partial charge in [-0.1, -0.05) is 18.2 Å². The van der Waals surface area contributed by atoms with E-state index in [4.69, 9.17) is 0 Å². The third kappa shape index (κ3) is 4.79. The molecule has 0 saturated carbocycles. The highest BCUT2D eigenvalue weighted by atomic mass is 32.1. The van der Waals surface area contributed by atoms with Crippen LogP contribution >= 0.6 is 22.7 Å². The van der Waals surface area contributed by atoms with Crippen LogP contribution in [0, 0.1) is 5.82 Å². The van der Waals surface area contributed by atoms with Crippen LogP contribution in [-0.2, 0) is 11.2 Å². The molecular formula is C22H16FN3O2S2. The topological polar surface area (TPSA) is 71.1 Å². The van der Waals surface area contributed by atoms with Gasteiger partial charge in [0.1, 0.15) is 10.8 Å². The number of rotatable bonds is 6. The molecule has 0 aliphatic carbocycles. The summed E-state index contributed by atoms with van der Waals surface area (Å²) in [4.78, 5) is 29.7. The van der Waals surface area contributed by atoms with E-state index in [0.717, 1.165) is 10.6 Å². The minimum Gasteiger partial charge on any atom is -0.325 e. The van der Waals surface area contributed by atoms with Crippen molar-refractivity contribution in [3.05, 3.63) is 87.8 Å². The number of para-hydroxylation sites is 1. The Morgan fingerprint density at radius 2 is 1.87 bits per heavy atom. The van der Waals surface area contributed by atoms with Crippen LogP contribution in [0.25, 0.3) is 10.6 Å². The molecule has 150 valence electrons. The fourth-order valence-corrected chi connectivity index (χ4v) is 4.35. The van der Waals surface area contributed by atoms with Gasteiger partial charge < -0.3 is 10.6 Å². The first-order valence-electron chi connectivity index (χ1n) is 9.01. The average Bonchev–Trinajstić information content (AvgIpc) is 3.40. The van der Waals surface area contributed by atoms with Crippen LogP contribution in [0.4, 0.5) is 15.8 Å². The molecule has 2 aromatic carbocycles. The summed E-state index contributed by atoms with van der Waals surface area (Å²) in [6.45, 7) is 0. The molecule has 2 amide bonds. The van der Waals surface area contributed by atoms with Gasteiger partial charge in [0.05, 0.1) is 23.4 Å². The maximum Gasteiger partial charge on any atom is 0.257 e. The fourth-order valence-electron chi connectivity index (χ4n) is 2.82. The largest absolute Gasteiger partial charge is 0.325 e. The molecule has 0 atom stereocenters. The Hall–Kier alpha value is -3.36. The number of carbonyl (C=O) groups excluding carboxylic acids is 2. The van der Waals surface area contributed by atoms with E-state index in [2.05, 4.69) is 15.6 Å². The normalized spacial score (nSPS) is 10.6. The summed E-state index contributed by atoms with van der Waals surface area (Å²) in [5, 5.41) is 12.1. The molecule has 0 unspecified atom stereocenters. The minimum atomic E-state index is -0.445. The number of hydrogen-bond donors (Lipinski definition) is 2. The molecule has 0 aliphatic rings. The molecule has 0 radical (unpaired) electrons. The Balaban J connectivity index is 1.44. The van der Waals surface area contributed by atoms with Crippen molar-refractivity contribution >= 4 is 45.9 Å². The second-order valence-electron chi connectivity index (χ2n) is 6.39. The molecule has 2 aromatic heterocycles. The zero-order valence-corrected chi connectivity index (χ0v) is 17.2. The first-order valence-corrected chi connectivity index (χ1v) is 10.8. The number of anilines is 2. The van der Waals surface area contributed by atoms with Crippen molar-refractivity contribution in [2.45, 2.75) is 6.42 Å². The lowest BCUT2D eigenvalue weighted by molar-refractivity contribution is -0.115. The second-order valence-corrected chi connectivity index (χ2v) is 8.03. The maximum atomic E-state index is 13.4. The van der Waals surface area contributed by atoms with E-state index in [-0.39, 0.29) is 17.9 Å². The molecule has 8 heteroatoms. The molecule has 4 aromatic rings. The summed E-state index contributed by atoms with van der Waals surface area (Å²) < 4.78 is 13.4.